The lowest BCUT2D eigenvalue weighted by molar-refractivity contribution is -0.133. The van der Waals surface area contributed by atoms with E-state index in [-0.39, 0.29) is 0 Å². The van der Waals surface area contributed by atoms with E-state index >= 15 is 0 Å². The number of piperidine rings is 2. The molecular weight excluding hydrogens is 336 g/mol. The largest absolute Gasteiger partial charge is 0.348 e. The molecule has 0 unspecified atom stereocenters. The highest BCUT2D eigenvalue weighted by atomic mass is 16.2. The third-order valence-electron chi connectivity index (χ3n) is 6.10. The van der Waals surface area contributed by atoms with Gasteiger partial charge in [0.2, 0.25) is 5.91 Å². The van der Waals surface area contributed by atoms with Gasteiger partial charge in [-0.15, -0.1) is 0 Å². The van der Waals surface area contributed by atoms with Crippen LogP contribution in [0.25, 0.3) is 0 Å². The predicted molar refractivity (Wildman–Crippen MR) is 106 cm³/mol. The lowest BCUT2D eigenvalue weighted by atomic mass is 9.91. The molecule has 0 saturated carbocycles. The molecule has 1 N–H and O–H groups in total. The van der Waals surface area contributed by atoms with Crippen molar-refractivity contribution in [1.82, 2.24) is 19.8 Å². The first-order chi connectivity index (χ1) is 13.3. The molecule has 0 bridgehead atoms. The molecule has 1 aromatic heterocycles. The molecule has 2 aromatic rings. The summed E-state index contributed by atoms with van der Waals surface area (Å²) >= 11 is 0. The van der Waals surface area contributed by atoms with Crippen LogP contribution in [0.1, 0.15) is 49.4 Å². The average molecular weight is 367 g/mol. The van der Waals surface area contributed by atoms with E-state index in [1.54, 1.807) is 6.20 Å². The number of nitrogens with one attached hydrogen (secondary N) is 1. The van der Waals surface area contributed by atoms with Crippen LogP contribution < -0.4 is 0 Å². The maximum absolute atomic E-state index is 12.8. The van der Waals surface area contributed by atoms with Crippen molar-refractivity contribution >= 4 is 5.91 Å². The van der Waals surface area contributed by atoms with E-state index in [4.69, 9.17) is 0 Å². The highest BCUT2D eigenvalue weighted by molar-refractivity contribution is 5.76. The first-order valence-corrected chi connectivity index (χ1v) is 10.3. The van der Waals surface area contributed by atoms with E-state index in [1.807, 2.05) is 6.20 Å². The van der Waals surface area contributed by atoms with Gasteiger partial charge in [-0.1, -0.05) is 30.3 Å². The van der Waals surface area contributed by atoms with E-state index in [2.05, 4.69) is 50.1 Å². The number of aromatic nitrogens is 2. The maximum Gasteiger partial charge on any atom is 0.222 e. The van der Waals surface area contributed by atoms with Gasteiger partial charge in [0.25, 0.3) is 0 Å². The van der Waals surface area contributed by atoms with Crippen molar-refractivity contribution in [1.29, 1.82) is 0 Å². The Labute approximate surface area is 161 Å². The van der Waals surface area contributed by atoms with Gasteiger partial charge in [-0.3, -0.25) is 9.69 Å². The number of carbonyl (C=O) groups is 1. The quantitative estimate of drug-likeness (QED) is 0.882. The minimum atomic E-state index is 0.341. The molecule has 2 aliphatic heterocycles. The van der Waals surface area contributed by atoms with Crippen LogP contribution in [0.5, 0.6) is 0 Å². The summed E-state index contributed by atoms with van der Waals surface area (Å²) in [6.45, 7) is 4.95. The summed E-state index contributed by atoms with van der Waals surface area (Å²) in [6, 6.07) is 10.7. The molecule has 2 saturated heterocycles. The number of rotatable bonds is 5. The highest BCUT2D eigenvalue weighted by Gasteiger charge is 2.28. The SMILES string of the molecule is O=C(CC1CCN(Cc2ccccc2)CC1)N1CCC[C@@H](c2ncc[nH]2)C1. The molecule has 0 spiro atoms. The van der Waals surface area contributed by atoms with Gasteiger partial charge in [0.15, 0.2) is 0 Å². The van der Waals surface area contributed by atoms with Crippen molar-refractivity contribution in [3.63, 3.8) is 0 Å². The molecule has 4 rings (SSSR count). The molecule has 1 aromatic carbocycles. The average Bonchev–Trinajstić information content (AvgIpc) is 3.25. The summed E-state index contributed by atoms with van der Waals surface area (Å²) in [5.41, 5.74) is 1.38. The van der Waals surface area contributed by atoms with Crippen LogP contribution in [0.4, 0.5) is 0 Å². The lowest BCUT2D eigenvalue weighted by Gasteiger charge is -2.35. The normalized spacial score (nSPS) is 22.1. The summed E-state index contributed by atoms with van der Waals surface area (Å²) in [7, 11) is 0. The number of aromatic amines is 1. The van der Waals surface area contributed by atoms with Gasteiger partial charge in [0.1, 0.15) is 5.82 Å². The number of H-pyrrole nitrogens is 1. The van der Waals surface area contributed by atoms with Crippen molar-refractivity contribution in [3.8, 4) is 0 Å². The zero-order valence-electron chi connectivity index (χ0n) is 16.0. The van der Waals surface area contributed by atoms with Crippen molar-refractivity contribution in [2.75, 3.05) is 26.2 Å². The molecular formula is C22H30N4O. The first-order valence-electron chi connectivity index (χ1n) is 10.3. The molecule has 0 aliphatic carbocycles. The van der Waals surface area contributed by atoms with Crippen LogP contribution in [0.3, 0.4) is 0 Å². The van der Waals surface area contributed by atoms with E-state index in [0.717, 1.165) is 64.2 Å². The van der Waals surface area contributed by atoms with Gasteiger partial charge in [-0.2, -0.15) is 0 Å². The molecule has 27 heavy (non-hydrogen) atoms. The van der Waals surface area contributed by atoms with Crippen LogP contribution in [0, 0.1) is 5.92 Å². The second-order valence-corrected chi connectivity index (χ2v) is 8.06. The minimum Gasteiger partial charge on any atom is -0.348 e. The van der Waals surface area contributed by atoms with Gasteiger partial charge in [0, 0.05) is 44.4 Å². The fraction of sp³-hybridized carbons (Fsp3) is 0.545. The van der Waals surface area contributed by atoms with Crippen LogP contribution in [-0.2, 0) is 11.3 Å². The Morgan fingerprint density at radius 1 is 1.11 bits per heavy atom. The van der Waals surface area contributed by atoms with Gasteiger partial charge < -0.3 is 9.88 Å². The van der Waals surface area contributed by atoms with Crippen LogP contribution >= 0.6 is 0 Å². The lowest BCUT2D eigenvalue weighted by Crippen LogP contribution is -2.41. The Bertz CT molecular complexity index is 707. The van der Waals surface area contributed by atoms with Gasteiger partial charge >= 0.3 is 0 Å². The third kappa shape index (κ3) is 4.78. The fourth-order valence-corrected chi connectivity index (χ4v) is 4.49. The molecule has 5 nitrogen and oxygen atoms in total. The number of amides is 1. The van der Waals surface area contributed by atoms with Gasteiger partial charge in [-0.25, -0.2) is 4.98 Å². The number of imidazole rings is 1. The van der Waals surface area contributed by atoms with Crippen molar-refractivity contribution in [3.05, 3.63) is 54.1 Å². The standard InChI is InChI=1S/C22H30N4O/c27-21(26-12-4-7-20(17-26)22-23-10-11-24-22)15-18-8-13-25(14-9-18)16-19-5-2-1-3-6-19/h1-3,5-6,10-11,18,20H,4,7-9,12-17H2,(H,23,24)/t20-/m1/s1. The van der Waals surface area contributed by atoms with E-state index < -0.39 is 0 Å². The smallest absolute Gasteiger partial charge is 0.222 e. The van der Waals surface area contributed by atoms with Gasteiger partial charge in [0.05, 0.1) is 0 Å². The third-order valence-corrected chi connectivity index (χ3v) is 6.10. The number of benzene rings is 1. The Balaban J connectivity index is 1.23. The molecule has 1 atom stereocenters. The maximum atomic E-state index is 12.8. The van der Waals surface area contributed by atoms with Crippen LogP contribution in [0.2, 0.25) is 0 Å². The summed E-state index contributed by atoms with van der Waals surface area (Å²) in [5, 5.41) is 0. The summed E-state index contributed by atoms with van der Waals surface area (Å²) in [4.78, 5) is 25.0. The topological polar surface area (TPSA) is 52.2 Å². The Morgan fingerprint density at radius 3 is 2.67 bits per heavy atom. The van der Waals surface area contributed by atoms with Crippen molar-refractivity contribution in [2.45, 2.75) is 44.6 Å². The first kappa shape index (κ1) is 18.2. The second kappa shape index (κ2) is 8.70. The number of nitrogens with zero attached hydrogens (tertiary/aromatic N) is 3. The molecule has 1 amide bonds. The van der Waals surface area contributed by atoms with Crippen molar-refractivity contribution in [2.24, 2.45) is 5.92 Å². The number of hydrogen-bond donors (Lipinski definition) is 1. The molecule has 2 aliphatic rings. The summed E-state index contributed by atoms with van der Waals surface area (Å²) in [5.74, 6) is 2.27. The summed E-state index contributed by atoms with van der Waals surface area (Å²) in [6.07, 6.45) is 8.85. The van der Waals surface area contributed by atoms with E-state index in [9.17, 15) is 4.79 Å². The van der Waals surface area contributed by atoms with E-state index in [1.165, 1.54) is 5.56 Å². The number of hydrogen-bond acceptors (Lipinski definition) is 3. The number of likely N-dealkylation sites (tertiary alicyclic amines) is 2. The predicted octanol–water partition coefficient (Wildman–Crippen LogP) is 3.42. The zero-order valence-corrected chi connectivity index (χ0v) is 16.0. The van der Waals surface area contributed by atoms with Crippen molar-refractivity contribution < 1.29 is 4.79 Å². The summed E-state index contributed by atoms with van der Waals surface area (Å²) < 4.78 is 0. The van der Waals surface area contributed by atoms with Crippen LogP contribution in [0.15, 0.2) is 42.7 Å². The molecule has 2 fully saturated rings. The molecule has 5 heteroatoms. The molecule has 0 radical (unpaired) electrons. The molecule has 144 valence electrons. The fourth-order valence-electron chi connectivity index (χ4n) is 4.49. The molecule has 3 heterocycles. The van der Waals surface area contributed by atoms with E-state index in [0.29, 0.717) is 24.2 Å². The zero-order chi connectivity index (χ0) is 18.5. The minimum absolute atomic E-state index is 0.341. The Morgan fingerprint density at radius 2 is 1.93 bits per heavy atom. The van der Waals surface area contributed by atoms with Gasteiger partial charge in [-0.05, 0) is 50.3 Å². The monoisotopic (exact) mass is 366 g/mol. The van der Waals surface area contributed by atoms with Crippen LogP contribution in [-0.4, -0.2) is 51.9 Å². The Hall–Kier alpha value is -2.14. The second-order valence-electron chi connectivity index (χ2n) is 8.06. The Kier molecular flexibility index (Phi) is 5.87. The number of carbonyl (C=O) groups excluding carboxylic acids is 1. The highest BCUT2D eigenvalue weighted by Crippen LogP contribution is 2.27.